The van der Waals surface area contributed by atoms with Gasteiger partial charge in [0.2, 0.25) is 10.0 Å². The van der Waals surface area contributed by atoms with E-state index in [-0.39, 0.29) is 21.1 Å². The zero-order chi connectivity index (χ0) is 15.6. The Morgan fingerprint density at radius 3 is 2.48 bits per heavy atom. The molecule has 5 nitrogen and oxygen atoms in total. The number of rotatable bonds is 4. The van der Waals surface area contributed by atoms with Crippen LogP contribution < -0.4 is 4.72 Å². The highest BCUT2D eigenvalue weighted by Gasteiger charge is 2.26. The van der Waals surface area contributed by atoms with E-state index in [9.17, 15) is 8.42 Å². The highest BCUT2D eigenvalue weighted by atomic mass is 35.5. The SMILES string of the molecule is CC(C)N1CCC(NS(=O)(=O)c2cnc(Cl)c(Cl)c2)CC1. The minimum atomic E-state index is -3.61. The molecule has 0 atom stereocenters. The topological polar surface area (TPSA) is 62.3 Å². The Labute approximate surface area is 135 Å². The van der Waals surface area contributed by atoms with Crippen LogP contribution in [0.15, 0.2) is 17.2 Å². The molecule has 1 fully saturated rings. The number of aromatic nitrogens is 1. The number of pyridine rings is 1. The average Bonchev–Trinajstić information content (AvgIpc) is 2.42. The lowest BCUT2D eigenvalue weighted by Crippen LogP contribution is -2.46. The summed E-state index contributed by atoms with van der Waals surface area (Å²) in [4.78, 5) is 6.16. The Kier molecular flexibility index (Phi) is 5.48. The fourth-order valence-corrected chi connectivity index (χ4v) is 3.98. The Hall–Kier alpha value is -0.400. The van der Waals surface area contributed by atoms with Gasteiger partial charge in [0.05, 0.1) is 5.02 Å². The Balaban J connectivity index is 2.03. The maximum atomic E-state index is 12.3. The highest BCUT2D eigenvalue weighted by Crippen LogP contribution is 2.23. The highest BCUT2D eigenvalue weighted by molar-refractivity contribution is 7.89. The first-order valence-electron chi connectivity index (χ1n) is 6.87. The maximum Gasteiger partial charge on any atom is 0.242 e. The molecule has 0 aromatic carbocycles. The zero-order valence-electron chi connectivity index (χ0n) is 12.0. The van der Waals surface area contributed by atoms with E-state index in [4.69, 9.17) is 23.2 Å². The molecular weight excluding hydrogens is 333 g/mol. The largest absolute Gasteiger partial charge is 0.301 e. The van der Waals surface area contributed by atoms with Gasteiger partial charge in [-0.05, 0) is 45.8 Å². The molecule has 0 aliphatic carbocycles. The van der Waals surface area contributed by atoms with Crippen molar-refractivity contribution in [2.24, 2.45) is 0 Å². The first-order chi connectivity index (χ1) is 9.79. The van der Waals surface area contributed by atoms with Crippen molar-refractivity contribution in [1.29, 1.82) is 0 Å². The van der Waals surface area contributed by atoms with E-state index in [1.165, 1.54) is 12.3 Å². The summed E-state index contributed by atoms with van der Waals surface area (Å²) in [5.41, 5.74) is 0. The van der Waals surface area contributed by atoms with Gasteiger partial charge in [0.15, 0.2) is 0 Å². The number of hydrogen-bond donors (Lipinski definition) is 1. The molecule has 1 aliphatic heterocycles. The van der Waals surface area contributed by atoms with Crippen LogP contribution in [0.1, 0.15) is 26.7 Å². The lowest BCUT2D eigenvalue weighted by Gasteiger charge is -2.34. The fourth-order valence-electron chi connectivity index (χ4n) is 2.37. The molecule has 1 N–H and O–H groups in total. The smallest absolute Gasteiger partial charge is 0.242 e. The number of sulfonamides is 1. The molecule has 118 valence electrons. The molecule has 1 saturated heterocycles. The van der Waals surface area contributed by atoms with Crippen LogP contribution in [-0.2, 0) is 10.0 Å². The summed E-state index contributed by atoms with van der Waals surface area (Å²) >= 11 is 11.5. The van der Waals surface area contributed by atoms with Gasteiger partial charge in [0, 0.05) is 18.3 Å². The summed E-state index contributed by atoms with van der Waals surface area (Å²) in [6, 6.07) is 1.75. The van der Waals surface area contributed by atoms with Crippen molar-refractivity contribution in [2.45, 2.75) is 43.7 Å². The Bertz CT molecular complexity index is 599. The number of nitrogens with zero attached hydrogens (tertiary/aromatic N) is 2. The van der Waals surface area contributed by atoms with E-state index in [2.05, 4.69) is 28.5 Å². The van der Waals surface area contributed by atoms with Crippen molar-refractivity contribution < 1.29 is 8.42 Å². The van der Waals surface area contributed by atoms with E-state index >= 15 is 0 Å². The number of hydrogen-bond acceptors (Lipinski definition) is 4. The van der Waals surface area contributed by atoms with Crippen LogP contribution >= 0.6 is 23.2 Å². The minimum absolute atomic E-state index is 0.0446. The fraction of sp³-hybridized carbons (Fsp3) is 0.615. The predicted octanol–water partition coefficient (Wildman–Crippen LogP) is 2.54. The van der Waals surface area contributed by atoms with Gasteiger partial charge in [-0.15, -0.1) is 0 Å². The van der Waals surface area contributed by atoms with Gasteiger partial charge in [-0.25, -0.2) is 18.1 Å². The molecular formula is C13H19Cl2N3O2S. The second kappa shape index (κ2) is 6.79. The molecule has 21 heavy (non-hydrogen) atoms. The Morgan fingerprint density at radius 2 is 1.95 bits per heavy atom. The number of halogens is 2. The molecule has 1 aromatic rings. The maximum absolute atomic E-state index is 12.3. The third-order valence-electron chi connectivity index (χ3n) is 3.66. The molecule has 0 unspecified atom stereocenters. The van der Waals surface area contributed by atoms with E-state index < -0.39 is 10.0 Å². The molecule has 1 aromatic heterocycles. The van der Waals surface area contributed by atoms with Gasteiger partial charge in [-0.2, -0.15) is 0 Å². The summed E-state index contributed by atoms with van der Waals surface area (Å²) in [5, 5.41) is 0.232. The van der Waals surface area contributed by atoms with Gasteiger partial charge in [-0.3, -0.25) is 0 Å². The van der Waals surface area contributed by atoms with Crippen LogP contribution in [0.4, 0.5) is 0 Å². The third kappa shape index (κ3) is 4.29. The first kappa shape index (κ1) is 17.0. The average molecular weight is 352 g/mol. The molecule has 1 aliphatic rings. The van der Waals surface area contributed by atoms with Crippen LogP contribution in [-0.4, -0.2) is 43.5 Å². The van der Waals surface area contributed by atoms with Crippen molar-refractivity contribution in [1.82, 2.24) is 14.6 Å². The summed E-state index contributed by atoms with van der Waals surface area (Å²) in [5.74, 6) is 0. The van der Waals surface area contributed by atoms with Gasteiger partial charge in [0.1, 0.15) is 10.0 Å². The van der Waals surface area contributed by atoms with E-state index in [0.717, 1.165) is 25.9 Å². The van der Waals surface area contributed by atoms with Gasteiger partial charge >= 0.3 is 0 Å². The van der Waals surface area contributed by atoms with Gasteiger partial charge < -0.3 is 4.90 Å². The monoisotopic (exact) mass is 351 g/mol. The standard InChI is InChI=1S/C13H19Cl2N3O2S/c1-9(2)18-5-3-10(4-6-18)17-21(19,20)11-7-12(14)13(15)16-8-11/h7-10,17H,3-6H2,1-2H3. The predicted molar refractivity (Wildman–Crippen MR) is 84.3 cm³/mol. The van der Waals surface area contributed by atoms with Crippen LogP contribution in [0.25, 0.3) is 0 Å². The second-order valence-electron chi connectivity index (χ2n) is 5.47. The lowest BCUT2D eigenvalue weighted by atomic mass is 10.1. The molecule has 0 amide bonds. The third-order valence-corrected chi connectivity index (χ3v) is 5.84. The van der Waals surface area contributed by atoms with Crippen LogP contribution in [0.3, 0.4) is 0 Å². The molecule has 0 radical (unpaired) electrons. The number of nitrogens with one attached hydrogen (secondary N) is 1. The van der Waals surface area contributed by atoms with E-state index in [1.807, 2.05) is 0 Å². The lowest BCUT2D eigenvalue weighted by molar-refractivity contribution is 0.168. The van der Waals surface area contributed by atoms with Crippen molar-refractivity contribution >= 4 is 33.2 Å². The molecule has 8 heteroatoms. The van der Waals surface area contributed by atoms with Crippen LogP contribution in [0.5, 0.6) is 0 Å². The quantitative estimate of drug-likeness (QED) is 0.846. The van der Waals surface area contributed by atoms with Gasteiger partial charge in [0.25, 0.3) is 0 Å². The van der Waals surface area contributed by atoms with E-state index in [1.54, 1.807) is 0 Å². The van der Waals surface area contributed by atoms with Crippen molar-refractivity contribution in [2.75, 3.05) is 13.1 Å². The molecule has 0 bridgehead atoms. The first-order valence-corrected chi connectivity index (χ1v) is 9.11. The summed E-state index contributed by atoms with van der Waals surface area (Å²) < 4.78 is 27.3. The molecule has 2 heterocycles. The summed E-state index contributed by atoms with van der Waals surface area (Å²) in [7, 11) is -3.61. The minimum Gasteiger partial charge on any atom is -0.301 e. The summed E-state index contributed by atoms with van der Waals surface area (Å²) in [6.45, 7) is 6.08. The van der Waals surface area contributed by atoms with Crippen molar-refractivity contribution in [3.63, 3.8) is 0 Å². The van der Waals surface area contributed by atoms with Gasteiger partial charge in [-0.1, -0.05) is 23.2 Å². The van der Waals surface area contributed by atoms with Crippen LogP contribution in [0, 0.1) is 0 Å². The molecule has 2 rings (SSSR count). The number of piperidine rings is 1. The van der Waals surface area contributed by atoms with Crippen molar-refractivity contribution in [3.05, 3.63) is 22.4 Å². The van der Waals surface area contributed by atoms with Crippen LogP contribution in [0.2, 0.25) is 10.2 Å². The molecule has 0 saturated carbocycles. The zero-order valence-corrected chi connectivity index (χ0v) is 14.3. The summed E-state index contributed by atoms with van der Waals surface area (Å²) in [6.07, 6.45) is 2.82. The molecule has 0 spiro atoms. The Morgan fingerprint density at radius 1 is 1.33 bits per heavy atom. The van der Waals surface area contributed by atoms with E-state index in [0.29, 0.717) is 6.04 Å². The normalized spacial score (nSPS) is 18.3. The second-order valence-corrected chi connectivity index (χ2v) is 7.95. The van der Waals surface area contributed by atoms with Crippen molar-refractivity contribution in [3.8, 4) is 0 Å². The number of likely N-dealkylation sites (tertiary alicyclic amines) is 1.